The number of nitro benzene ring substituents is 1. The van der Waals surface area contributed by atoms with Gasteiger partial charge in [0.1, 0.15) is 5.75 Å². The maximum Gasteiger partial charge on any atom is 0.313 e. The smallest absolute Gasteiger partial charge is 0.313 e. The predicted molar refractivity (Wildman–Crippen MR) is 82.1 cm³/mol. The third kappa shape index (κ3) is 3.71. The summed E-state index contributed by atoms with van der Waals surface area (Å²) in [5, 5.41) is 14.5. The molecule has 0 bridgehead atoms. The van der Waals surface area contributed by atoms with Crippen molar-refractivity contribution >= 4 is 17.3 Å². The Morgan fingerprint density at radius 1 is 1.29 bits per heavy atom. The van der Waals surface area contributed by atoms with Gasteiger partial charge in [0.15, 0.2) is 0 Å². The van der Waals surface area contributed by atoms with Crippen LogP contribution in [0.2, 0.25) is 5.02 Å². The molecule has 0 amide bonds. The molecule has 0 spiro atoms. The third-order valence-electron chi connectivity index (χ3n) is 3.14. The van der Waals surface area contributed by atoms with Crippen molar-refractivity contribution in [1.82, 2.24) is 5.32 Å². The van der Waals surface area contributed by atoms with Crippen molar-refractivity contribution in [3.63, 3.8) is 0 Å². The van der Waals surface area contributed by atoms with Gasteiger partial charge >= 0.3 is 5.69 Å². The van der Waals surface area contributed by atoms with Crippen LogP contribution in [0.25, 0.3) is 0 Å². The lowest BCUT2D eigenvalue weighted by Crippen LogP contribution is -2.12. The lowest BCUT2D eigenvalue weighted by molar-refractivity contribution is -0.385. The van der Waals surface area contributed by atoms with Crippen LogP contribution < -0.4 is 10.1 Å². The van der Waals surface area contributed by atoms with E-state index in [0.717, 1.165) is 5.56 Å². The average molecular weight is 307 g/mol. The highest BCUT2D eigenvalue weighted by molar-refractivity contribution is 6.30. The van der Waals surface area contributed by atoms with E-state index in [4.69, 9.17) is 16.3 Å². The molecule has 0 saturated carbocycles. The number of ether oxygens (including phenoxy) is 1. The Balaban J connectivity index is 2.32. The Morgan fingerprint density at radius 2 is 2.05 bits per heavy atom. The Labute approximate surface area is 127 Å². The monoisotopic (exact) mass is 306 g/mol. The van der Waals surface area contributed by atoms with Crippen molar-refractivity contribution in [3.05, 3.63) is 63.2 Å². The Kier molecular flexibility index (Phi) is 4.77. The molecule has 0 heterocycles. The number of halogens is 1. The fraction of sp³-hybridized carbons (Fsp3) is 0.200. The first kappa shape index (κ1) is 15.3. The van der Waals surface area contributed by atoms with Gasteiger partial charge in [0.2, 0.25) is 5.75 Å². The van der Waals surface area contributed by atoms with Gasteiger partial charge in [-0.05, 0) is 43.8 Å². The molecular formula is C15H15ClN2O3. The zero-order chi connectivity index (χ0) is 15.4. The van der Waals surface area contributed by atoms with Gasteiger partial charge in [-0.15, -0.1) is 0 Å². The predicted octanol–water partition coefficient (Wildman–Crippen LogP) is 4.32. The largest absolute Gasteiger partial charge is 0.450 e. The van der Waals surface area contributed by atoms with E-state index in [0.29, 0.717) is 10.8 Å². The highest BCUT2D eigenvalue weighted by Crippen LogP contribution is 2.34. The number of nitrogens with zero attached hydrogens (tertiary/aromatic N) is 1. The number of rotatable bonds is 5. The van der Waals surface area contributed by atoms with Crippen LogP contribution in [0.4, 0.5) is 5.69 Å². The number of hydrogen-bond acceptors (Lipinski definition) is 4. The first-order valence-electron chi connectivity index (χ1n) is 6.40. The second-order valence-electron chi connectivity index (χ2n) is 4.55. The van der Waals surface area contributed by atoms with E-state index in [1.165, 1.54) is 12.1 Å². The molecule has 2 rings (SSSR count). The topological polar surface area (TPSA) is 64.4 Å². The third-order valence-corrected chi connectivity index (χ3v) is 3.37. The summed E-state index contributed by atoms with van der Waals surface area (Å²) in [5.74, 6) is 0.707. The highest BCUT2D eigenvalue weighted by Gasteiger charge is 2.16. The number of hydrogen-bond donors (Lipinski definition) is 1. The standard InChI is InChI=1S/C15H15ClN2O3/c1-10(17-2)11-4-3-5-13(8-11)21-15-7-6-12(16)9-14(15)18(19)20/h3-10,17H,1-2H3. The second-order valence-corrected chi connectivity index (χ2v) is 4.99. The fourth-order valence-corrected chi connectivity index (χ4v) is 2.03. The lowest BCUT2D eigenvalue weighted by Gasteiger charge is -2.12. The minimum Gasteiger partial charge on any atom is -0.450 e. The number of benzene rings is 2. The molecule has 0 aromatic heterocycles. The molecule has 21 heavy (non-hydrogen) atoms. The molecule has 0 saturated heterocycles. The van der Waals surface area contributed by atoms with Gasteiger partial charge in [0.25, 0.3) is 0 Å². The molecule has 0 aliphatic carbocycles. The van der Waals surface area contributed by atoms with Gasteiger partial charge in [0, 0.05) is 17.1 Å². The normalized spacial score (nSPS) is 12.0. The molecule has 5 nitrogen and oxygen atoms in total. The summed E-state index contributed by atoms with van der Waals surface area (Å²) >= 11 is 5.78. The van der Waals surface area contributed by atoms with Gasteiger partial charge < -0.3 is 10.1 Å². The summed E-state index contributed by atoms with van der Waals surface area (Å²) in [5.41, 5.74) is 0.876. The van der Waals surface area contributed by atoms with Crippen LogP contribution in [0.1, 0.15) is 18.5 Å². The van der Waals surface area contributed by atoms with Crippen LogP contribution in [0, 0.1) is 10.1 Å². The van der Waals surface area contributed by atoms with Crippen LogP contribution in [0.3, 0.4) is 0 Å². The van der Waals surface area contributed by atoms with Gasteiger partial charge in [-0.1, -0.05) is 23.7 Å². The van der Waals surface area contributed by atoms with Crippen molar-refractivity contribution in [2.75, 3.05) is 7.05 Å². The van der Waals surface area contributed by atoms with Crippen molar-refractivity contribution in [2.45, 2.75) is 13.0 Å². The Morgan fingerprint density at radius 3 is 2.71 bits per heavy atom. The summed E-state index contributed by atoms with van der Waals surface area (Å²) in [6.45, 7) is 2.02. The van der Waals surface area contributed by atoms with Crippen molar-refractivity contribution in [2.24, 2.45) is 0 Å². The van der Waals surface area contributed by atoms with E-state index in [1.807, 2.05) is 32.2 Å². The molecule has 6 heteroatoms. The first-order chi connectivity index (χ1) is 10.0. The summed E-state index contributed by atoms with van der Waals surface area (Å²) in [7, 11) is 1.86. The van der Waals surface area contributed by atoms with Crippen molar-refractivity contribution < 1.29 is 9.66 Å². The molecule has 0 radical (unpaired) electrons. The molecular weight excluding hydrogens is 292 g/mol. The molecule has 110 valence electrons. The molecule has 0 aliphatic rings. The summed E-state index contributed by atoms with van der Waals surface area (Å²) in [6, 6.07) is 11.9. The maximum atomic E-state index is 11.0. The molecule has 1 atom stereocenters. The number of nitro groups is 1. The van der Waals surface area contributed by atoms with Gasteiger partial charge in [0.05, 0.1) is 4.92 Å². The first-order valence-corrected chi connectivity index (χ1v) is 6.78. The van der Waals surface area contributed by atoms with Gasteiger partial charge in [-0.2, -0.15) is 0 Å². The van der Waals surface area contributed by atoms with E-state index in [-0.39, 0.29) is 17.5 Å². The van der Waals surface area contributed by atoms with Crippen LogP contribution in [0.15, 0.2) is 42.5 Å². The average Bonchev–Trinajstić information content (AvgIpc) is 2.48. The van der Waals surface area contributed by atoms with Crippen molar-refractivity contribution in [1.29, 1.82) is 0 Å². The molecule has 1 unspecified atom stereocenters. The zero-order valence-electron chi connectivity index (χ0n) is 11.7. The second kappa shape index (κ2) is 6.56. The summed E-state index contributed by atoms with van der Waals surface area (Å²) < 4.78 is 5.63. The van der Waals surface area contributed by atoms with E-state index < -0.39 is 4.92 Å². The van der Waals surface area contributed by atoms with Gasteiger partial charge in [-0.3, -0.25) is 10.1 Å². The Bertz CT molecular complexity index is 661. The quantitative estimate of drug-likeness (QED) is 0.660. The molecule has 0 aliphatic heterocycles. The maximum absolute atomic E-state index is 11.0. The SMILES string of the molecule is CNC(C)c1cccc(Oc2ccc(Cl)cc2[N+](=O)[O-])c1. The zero-order valence-corrected chi connectivity index (χ0v) is 12.4. The fourth-order valence-electron chi connectivity index (χ4n) is 1.86. The minimum absolute atomic E-state index is 0.158. The summed E-state index contributed by atoms with van der Waals surface area (Å²) in [4.78, 5) is 10.5. The van der Waals surface area contributed by atoms with E-state index in [9.17, 15) is 10.1 Å². The minimum atomic E-state index is -0.513. The lowest BCUT2D eigenvalue weighted by atomic mass is 10.1. The Hall–Kier alpha value is -2.11. The molecule has 2 aromatic rings. The van der Waals surface area contributed by atoms with E-state index in [2.05, 4.69) is 5.32 Å². The molecule has 2 aromatic carbocycles. The van der Waals surface area contributed by atoms with E-state index >= 15 is 0 Å². The van der Waals surface area contributed by atoms with Crippen molar-refractivity contribution in [3.8, 4) is 11.5 Å². The van der Waals surface area contributed by atoms with Crippen LogP contribution in [-0.2, 0) is 0 Å². The van der Waals surface area contributed by atoms with Crippen LogP contribution >= 0.6 is 11.6 Å². The summed E-state index contributed by atoms with van der Waals surface area (Å²) in [6.07, 6.45) is 0. The molecule has 1 N–H and O–H groups in total. The van der Waals surface area contributed by atoms with Gasteiger partial charge in [-0.25, -0.2) is 0 Å². The van der Waals surface area contributed by atoms with E-state index in [1.54, 1.807) is 12.1 Å². The van der Waals surface area contributed by atoms with Crippen LogP contribution in [0.5, 0.6) is 11.5 Å². The highest BCUT2D eigenvalue weighted by atomic mass is 35.5. The van der Waals surface area contributed by atoms with Crippen LogP contribution in [-0.4, -0.2) is 12.0 Å². The number of nitrogens with one attached hydrogen (secondary N) is 1. The molecule has 0 fully saturated rings.